The molecular weight excluding hydrogens is 378 g/mol. The maximum absolute atomic E-state index is 5.92. The van der Waals surface area contributed by atoms with Crippen LogP contribution >= 0.6 is 0 Å². The minimum Gasteiger partial charge on any atom is -0.439 e. The Labute approximate surface area is 180 Å². The Morgan fingerprint density at radius 1 is 1.10 bits per heavy atom. The van der Waals surface area contributed by atoms with Crippen LogP contribution in [0.2, 0.25) is 0 Å². The molecule has 2 rings (SSSR count). The van der Waals surface area contributed by atoms with Crippen LogP contribution in [0.4, 0.5) is 0 Å². The van der Waals surface area contributed by atoms with E-state index in [2.05, 4.69) is 52.5 Å². The average Bonchev–Trinajstić information content (AvgIpc) is 2.73. The van der Waals surface area contributed by atoms with Crippen molar-refractivity contribution in [3.63, 3.8) is 0 Å². The van der Waals surface area contributed by atoms with Gasteiger partial charge in [0, 0.05) is 59.2 Å². The molecule has 30 heavy (non-hydrogen) atoms. The summed E-state index contributed by atoms with van der Waals surface area (Å²) in [5.41, 5.74) is 3.52. The number of ether oxygens (including phenoxy) is 2. The number of rotatable bonds is 11. The molecule has 0 fully saturated rings. The number of aryl methyl sites for hydroxylation is 2. The Kier molecular flexibility index (Phi) is 10.1. The van der Waals surface area contributed by atoms with Gasteiger partial charge in [0.05, 0.1) is 0 Å². The van der Waals surface area contributed by atoms with Gasteiger partial charge in [0.1, 0.15) is 5.75 Å². The van der Waals surface area contributed by atoms with Gasteiger partial charge in [-0.1, -0.05) is 6.07 Å². The SMILES string of the molecule is CN=C(NCCN(C)CCCOC)NCc1ccnc(Oc2ccc(C)c(C)c2)c1. The molecule has 2 N–H and O–H groups in total. The normalized spacial score (nSPS) is 11.6. The van der Waals surface area contributed by atoms with E-state index in [1.165, 1.54) is 11.1 Å². The first-order chi connectivity index (χ1) is 14.5. The summed E-state index contributed by atoms with van der Waals surface area (Å²) in [5.74, 6) is 2.15. The Hall–Kier alpha value is -2.64. The molecule has 1 heterocycles. The summed E-state index contributed by atoms with van der Waals surface area (Å²) in [6.07, 6.45) is 2.80. The number of hydrogen-bond donors (Lipinski definition) is 2. The van der Waals surface area contributed by atoms with Crippen molar-refractivity contribution in [3.05, 3.63) is 53.2 Å². The first kappa shape index (κ1) is 23.6. The lowest BCUT2D eigenvalue weighted by atomic mass is 10.1. The van der Waals surface area contributed by atoms with E-state index in [0.29, 0.717) is 12.4 Å². The number of nitrogens with one attached hydrogen (secondary N) is 2. The largest absolute Gasteiger partial charge is 0.439 e. The monoisotopic (exact) mass is 413 g/mol. The van der Waals surface area contributed by atoms with E-state index >= 15 is 0 Å². The average molecular weight is 414 g/mol. The number of nitrogens with zero attached hydrogens (tertiary/aromatic N) is 3. The molecule has 0 aliphatic heterocycles. The zero-order chi connectivity index (χ0) is 21.8. The lowest BCUT2D eigenvalue weighted by Gasteiger charge is -2.18. The lowest BCUT2D eigenvalue weighted by Crippen LogP contribution is -2.40. The van der Waals surface area contributed by atoms with Gasteiger partial charge in [-0.3, -0.25) is 4.99 Å². The molecule has 1 aromatic heterocycles. The minimum atomic E-state index is 0.582. The van der Waals surface area contributed by atoms with E-state index in [0.717, 1.165) is 49.9 Å². The van der Waals surface area contributed by atoms with Crippen LogP contribution in [-0.4, -0.2) is 63.3 Å². The van der Waals surface area contributed by atoms with Gasteiger partial charge in [0.2, 0.25) is 5.88 Å². The topological polar surface area (TPSA) is 71.0 Å². The summed E-state index contributed by atoms with van der Waals surface area (Å²) in [4.78, 5) is 10.9. The van der Waals surface area contributed by atoms with Gasteiger partial charge in [0.25, 0.3) is 0 Å². The van der Waals surface area contributed by atoms with Crippen molar-refractivity contribution in [2.24, 2.45) is 4.99 Å². The molecule has 0 atom stereocenters. The van der Waals surface area contributed by atoms with E-state index < -0.39 is 0 Å². The fourth-order valence-electron chi connectivity index (χ4n) is 2.88. The Balaban J connectivity index is 1.80. The van der Waals surface area contributed by atoms with E-state index in [4.69, 9.17) is 9.47 Å². The predicted octanol–water partition coefficient (Wildman–Crippen LogP) is 3.12. The maximum atomic E-state index is 5.92. The second-order valence-electron chi connectivity index (χ2n) is 7.35. The summed E-state index contributed by atoms with van der Waals surface area (Å²) in [6.45, 7) is 8.36. The highest BCUT2D eigenvalue weighted by atomic mass is 16.5. The third kappa shape index (κ3) is 8.39. The van der Waals surface area contributed by atoms with Crippen LogP contribution in [0.1, 0.15) is 23.1 Å². The van der Waals surface area contributed by atoms with Crippen LogP contribution in [0.15, 0.2) is 41.5 Å². The van der Waals surface area contributed by atoms with Crippen molar-refractivity contribution >= 4 is 5.96 Å². The summed E-state index contributed by atoms with van der Waals surface area (Å²) in [7, 11) is 5.62. The van der Waals surface area contributed by atoms with Crippen LogP contribution in [0.5, 0.6) is 11.6 Å². The number of methoxy groups -OCH3 is 1. The molecule has 164 valence electrons. The molecule has 0 aliphatic rings. The number of pyridine rings is 1. The maximum Gasteiger partial charge on any atom is 0.219 e. The summed E-state index contributed by atoms with van der Waals surface area (Å²) < 4.78 is 11.0. The third-order valence-electron chi connectivity index (χ3n) is 4.86. The van der Waals surface area contributed by atoms with Crippen LogP contribution in [0, 0.1) is 13.8 Å². The molecule has 7 heteroatoms. The van der Waals surface area contributed by atoms with Crippen molar-refractivity contribution in [1.29, 1.82) is 0 Å². The van der Waals surface area contributed by atoms with Crippen molar-refractivity contribution in [2.45, 2.75) is 26.8 Å². The summed E-state index contributed by atoms with van der Waals surface area (Å²) >= 11 is 0. The van der Waals surface area contributed by atoms with Crippen molar-refractivity contribution in [2.75, 3.05) is 47.4 Å². The number of hydrogen-bond acceptors (Lipinski definition) is 5. The van der Waals surface area contributed by atoms with Gasteiger partial charge >= 0.3 is 0 Å². The number of guanidine groups is 1. The molecular formula is C23H35N5O2. The zero-order valence-corrected chi connectivity index (χ0v) is 18.9. The quantitative estimate of drug-likeness (QED) is 0.335. The zero-order valence-electron chi connectivity index (χ0n) is 18.9. The lowest BCUT2D eigenvalue weighted by molar-refractivity contribution is 0.180. The highest BCUT2D eigenvalue weighted by Gasteiger charge is 2.04. The van der Waals surface area contributed by atoms with E-state index in [1.54, 1.807) is 20.4 Å². The molecule has 0 bridgehead atoms. The molecule has 0 amide bonds. The highest BCUT2D eigenvalue weighted by Crippen LogP contribution is 2.22. The van der Waals surface area contributed by atoms with Crippen LogP contribution in [-0.2, 0) is 11.3 Å². The minimum absolute atomic E-state index is 0.582. The van der Waals surface area contributed by atoms with Crippen molar-refractivity contribution in [1.82, 2.24) is 20.5 Å². The highest BCUT2D eigenvalue weighted by molar-refractivity contribution is 5.79. The fourth-order valence-corrected chi connectivity index (χ4v) is 2.88. The van der Waals surface area contributed by atoms with Crippen LogP contribution < -0.4 is 15.4 Å². The van der Waals surface area contributed by atoms with Gasteiger partial charge < -0.3 is 25.0 Å². The van der Waals surface area contributed by atoms with Gasteiger partial charge in [-0.25, -0.2) is 4.98 Å². The smallest absolute Gasteiger partial charge is 0.219 e. The first-order valence-electron chi connectivity index (χ1n) is 10.3. The fraction of sp³-hybridized carbons (Fsp3) is 0.478. The van der Waals surface area contributed by atoms with E-state index in [1.807, 2.05) is 24.3 Å². The van der Waals surface area contributed by atoms with E-state index in [-0.39, 0.29) is 0 Å². The van der Waals surface area contributed by atoms with Gasteiger partial charge in [-0.05, 0) is 62.2 Å². The van der Waals surface area contributed by atoms with Gasteiger partial charge in [-0.15, -0.1) is 0 Å². The molecule has 0 spiro atoms. The Bertz CT molecular complexity index is 810. The molecule has 0 saturated heterocycles. The van der Waals surface area contributed by atoms with Crippen molar-refractivity contribution < 1.29 is 9.47 Å². The molecule has 0 unspecified atom stereocenters. The summed E-state index contributed by atoms with van der Waals surface area (Å²) in [5, 5.41) is 6.68. The number of aliphatic imine (C=N–C) groups is 1. The van der Waals surface area contributed by atoms with Crippen LogP contribution in [0.25, 0.3) is 0 Å². The van der Waals surface area contributed by atoms with Crippen LogP contribution in [0.3, 0.4) is 0 Å². The molecule has 2 aromatic rings. The molecule has 0 radical (unpaired) electrons. The predicted molar refractivity (Wildman–Crippen MR) is 122 cm³/mol. The number of likely N-dealkylation sites (N-methyl/N-ethyl adjacent to an activating group) is 1. The Morgan fingerprint density at radius 3 is 2.67 bits per heavy atom. The Morgan fingerprint density at radius 2 is 1.93 bits per heavy atom. The molecule has 0 saturated carbocycles. The van der Waals surface area contributed by atoms with Gasteiger partial charge in [0.15, 0.2) is 5.96 Å². The second-order valence-corrected chi connectivity index (χ2v) is 7.35. The molecule has 7 nitrogen and oxygen atoms in total. The van der Waals surface area contributed by atoms with Crippen molar-refractivity contribution in [3.8, 4) is 11.6 Å². The first-order valence-corrected chi connectivity index (χ1v) is 10.3. The molecule has 0 aliphatic carbocycles. The standard InChI is InChI=1S/C23H35N5O2/c1-18-7-8-21(15-19(18)2)30-22-16-20(9-10-25-22)17-27-23(24-3)26-11-13-28(4)12-6-14-29-5/h7-10,15-16H,6,11-14,17H2,1-5H3,(H2,24,26,27). The second kappa shape index (κ2) is 12.8. The number of benzene rings is 1. The molecule has 1 aromatic carbocycles. The number of aromatic nitrogens is 1. The third-order valence-corrected chi connectivity index (χ3v) is 4.86. The van der Waals surface area contributed by atoms with Gasteiger partial charge in [-0.2, -0.15) is 0 Å². The van der Waals surface area contributed by atoms with E-state index in [9.17, 15) is 0 Å². The summed E-state index contributed by atoms with van der Waals surface area (Å²) in [6, 6.07) is 9.96.